The van der Waals surface area contributed by atoms with Gasteiger partial charge in [0.25, 0.3) is 0 Å². The molecule has 20 heavy (non-hydrogen) atoms. The lowest BCUT2D eigenvalue weighted by Gasteiger charge is -2.17. The topological polar surface area (TPSA) is 21.3 Å². The Balaban J connectivity index is 2.19. The van der Waals surface area contributed by atoms with Crippen LogP contribution in [0.15, 0.2) is 48.5 Å². The van der Waals surface area contributed by atoms with Crippen molar-refractivity contribution in [1.82, 2.24) is 5.32 Å². The molecule has 2 aromatic rings. The summed E-state index contributed by atoms with van der Waals surface area (Å²) in [7, 11) is 0. The average molecular weight is 269 g/mol. The Hall–Kier alpha value is -1.80. The molecule has 1 atom stereocenters. The molecule has 0 heterocycles. The Morgan fingerprint density at radius 2 is 1.70 bits per heavy atom. The Morgan fingerprint density at radius 3 is 2.35 bits per heavy atom. The highest BCUT2D eigenvalue weighted by Crippen LogP contribution is 2.29. The van der Waals surface area contributed by atoms with Gasteiger partial charge in [-0.15, -0.1) is 0 Å². The number of hydrogen-bond acceptors (Lipinski definition) is 2. The number of nitrogens with one attached hydrogen (secondary N) is 1. The van der Waals surface area contributed by atoms with Crippen molar-refractivity contribution in [2.24, 2.45) is 0 Å². The molecule has 2 heteroatoms. The first-order valence-corrected chi connectivity index (χ1v) is 7.33. The molecule has 106 valence electrons. The van der Waals surface area contributed by atoms with E-state index in [-0.39, 0.29) is 6.04 Å². The van der Waals surface area contributed by atoms with Crippen LogP contribution in [0.1, 0.15) is 37.9 Å². The van der Waals surface area contributed by atoms with Crippen LogP contribution >= 0.6 is 0 Å². The molecular weight excluding hydrogens is 246 g/mol. The van der Waals surface area contributed by atoms with Gasteiger partial charge in [0.15, 0.2) is 0 Å². The summed E-state index contributed by atoms with van der Waals surface area (Å²) in [6.45, 7) is 7.37. The van der Waals surface area contributed by atoms with Gasteiger partial charge in [-0.1, -0.05) is 44.2 Å². The van der Waals surface area contributed by atoms with Gasteiger partial charge in [-0.3, -0.25) is 0 Å². The second kappa shape index (κ2) is 7.11. The van der Waals surface area contributed by atoms with Crippen LogP contribution in [0.5, 0.6) is 11.5 Å². The van der Waals surface area contributed by atoms with Crippen LogP contribution in [0.2, 0.25) is 0 Å². The van der Waals surface area contributed by atoms with E-state index < -0.39 is 0 Å². The number of para-hydroxylation sites is 1. The van der Waals surface area contributed by atoms with Crippen molar-refractivity contribution >= 4 is 0 Å². The van der Waals surface area contributed by atoms with Crippen LogP contribution in [0.3, 0.4) is 0 Å². The molecule has 0 aromatic heterocycles. The van der Waals surface area contributed by atoms with Crippen LogP contribution in [0.25, 0.3) is 0 Å². The van der Waals surface area contributed by atoms with Crippen molar-refractivity contribution in [3.8, 4) is 11.5 Å². The minimum atomic E-state index is 0.283. The third-order valence-electron chi connectivity index (χ3n) is 3.46. The normalized spacial score (nSPS) is 12.2. The summed E-state index contributed by atoms with van der Waals surface area (Å²) in [5.41, 5.74) is 2.51. The highest BCUT2D eigenvalue weighted by molar-refractivity contribution is 5.40. The van der Waals surface area contributed by atoms with Gasteiger partial charge in [-0.05, 0) is 43.7 Å². The van der Waals surface area contributed by atoms with E-state index in [0.29, 0.717) is 0 Å². The smallest absolute Gasteiger partial charge is 0.132 e. The van der Waals surface area contributed by atoms with Crippen molar-refractivity contribution in [1.29, 1.82) is 0 Å². The Labute approximate surface area is 121 Å². The average Bonchev–Trinajstić information content (AvgIpc) is 2.49. The van der Waals surface area contributed by atoms with Crippen molar-refractivity contribution in [3.05, 3.63) is 59.7 Å². The first kappa shape index (κ1) is 14.6. The monoisotopic (exact) mass is 269 g/mol. The van der Waals surface area contributed by atoms with Gasteiger partial charge >= 0.3 is 0 Å². The van der Waals surface area contributed by atoms with Gasteiger partial charge in [0.1, 0.15) is 11.5 Å². The van der Waals surface area contributed by atoms with E-state index in [9.17, 15) is 0 Å². The molecule has 0 aliphatic carbocycles. The Kier molecular flexibility index (Phi) is 5.19. The van der Waals surface area contributed by atoms with Crippen molar-refractivity contribution in [2.45, 2.75) is 33.2 Å². The third kappa shape index (κ3) is 3.61. The van der Waals surface area contributed by atoms with Gasteiger partial charge in [0.05, 0.1) is 0 Å². The highest BCUT2D eigenvalue weighted by atomic mass is 16.5. The maximum absolute atomic E-state index is 6.04. The summed E-state index contributed by atoms with van der Waals surface area (Å²) < 4.78 is 6.04. The number of rotatable bonds is 6. The quantitative estimate of drug-likeness (QED) is 0.820. The second-order valence-electron chi connectivity index (χ2n) is 4.92. The zero-order chi connectivity index (χ0) is 14.4. The predicted molar refractivity (Wildman–Crippen MR) is 84.4 cm³/mol. The summed E-state index contributed by atoms with van der Waals surface area (Å²) in [5, 5.41) is 3.43. The molecule has 0 radical (unpaired) electrons. The van der Waals surface area contributed by atoms with Crippen LogP contribution < -0.4 is 10.1 Å². The number of ether oxygens (including phenoxy) is 1. The van der Waals surface area contributed by atoms with E-state index in [1.807, 2.05) is 24.3 Å². The predicted octanol–water partition coefficient (Wildman–Crippen LogP) is 4.71. The van der Waals surface area contributed by atoms with Crippen LogP contribution in [-0.4, -0.2) is 6.54 Å². The van der Waals surface area contributed by atoms with Gasteiger partial charge in [0.2, 0.25) is 0 Å². The third-order valence-corrected chi connectivity index (χ3v) is 3.46. The minimum absolute atomic E-state index is 0.283. The molecule has 1 N–H and O–H groups in total. The van der Waals surface area contributed by atoms with Crippen LogP contribution in [-0.2, 0) is 6.42 Å². The highest BCUT2D eigenvalue weighted by Gasteiger charge is 2.10. The first-order chi connectivity index (χ1) is 9.74. The van der Waals surface area contributed by atoms with E-state index in [4.69, 9.17) is 4.74 Å². The maximum atomic E-state index is 6.04. The lowest BCUT2D eigenvalue weighted by Crippen LogP contribution is -2.18. The molecule has 2 aromatic carbocycles. The summed E-state index contributed by atoms with van der Waals surface area (Å²) in [6.07, 6.45) is 1.05. The molecule has 0 aliphatic heterocycles. The fraction of sp³-hybridized carbons (Fsp3) is 0.333. The second-order valence-corrected chi connectivity index (χ2v) is 4.92. The summed E-state index contributed by atoms with van der Waals surface area (Å²) >= 11 is 0. The summed E-state index contributed by atoms with van der Waals surface area (Å²) in [5.74, 6) is 1.81. The molecule has 0 amide bonds. The van der Waals surface area contributed by atoms with Crippen molar-refractivity contribution < 1.29 is 4.74 Å². The fourth-order valence-electron chi connectivity index (χ4n) is 2.27. The van der Waals surface area contributed by atoms with Crippen molar-refractivity contribution in [3.63, 3.8) is 0 Å². The van der Waals surface area contributed by atoms with Gasteiger partial charge < -0.3 is 10.1 Å². The minimum Gasteiger partial charge on any atom is -0.457 e. The van der Waals surface area contributed by atoms with Gasteiger partial charge in [-0.2, -0.15) is 0 Å². The van der Waals surface area contributed by atoms with E-state index >= 15 is 0 Å². The lowest BCUT2D eigenvalue weighted by atomic mass is 10.1. The van der Waals surface area contributed by atoms with Gasteiger partial charge in [-0.25, -0.2) is 0 Å². The van der Waals surface area contributed by atoms with E-state index in [0.717, 1.165) is 24.5 Å². The molecule has 0 saturated heterocycles. The maximum Gasteiger partial charge on any atom is 0.132 e. The molecular formula is C18H23NO. The molecule has 2 nitrogen and oxygen atoms in total. The van der Waals surface area contributed by atoms with Crippen LogP contribution in [0.4, 0.5) is 0 Å². The largest absolute Gasteiger partial charge is 0.457 e. The SMILES string of the molecule is CCNC(C)c1ccccc1Oc1ccc(CC)cc1. The number of aryl methyl sites for hydroxylation is 1. The Bertz CT molecular complexity index is 533. The number of benzene rings is 2. The fourth-order valence-corrected chi connectivity index (χ4v) is 2.27. The van der Waals surface area contributed by atoms with E-state index in [1.165, 1.54) is 11.1 Å². The number of hydrogen-bond donors (Lipinski definition) is 1. The Morgan fingerprint density at radius 1 is 1.00 bits per heavy atom. The zero-order valence-electron chi connectivity index (χ0n) is 12.5. The lowest BCUT2D eigenvalue weighted by molar-refractivity contribution is 0.463. The summed E-state index contributed by atoms with van der Waals surface area (Å²) in [4.78, 5) is 0. The van der Waals surface area contributed by atoms with E-state index in [1.54, 1.807) is 0 Å². The molecule has 0 bridgehead atoms. The van der Waals surface area contributed by atoms with Gasteiger partial charge in [0, 0.05) is 11.6 Å². The molecule has 0 fully saturated rings. The molecule has 2 rings (SSSR count). The molecule has 0 aliphatic rings. The molecule has 1 unspecified atom stereocenters. The molecule has 0 spiro atoms. The standard InChI is InChI=1S/C18H23NO/c1-4-15-10-12-16(13-11-15)20-18-9-7-6-8-17(18)14(3)19-5-2/h6-14,19H,4-5H2,1-3H3. The zero-order valence-corrected chi connectivity index (χ0v) is 12.5. The van der Waals surface area contributed by atoms with E-state index in [2.05, 4.69) is 50.4 Å². The summed E-state index contributed by atoms with van der Waals surface area (Å²) in [6, 6.07) is 16.8. The molecule has 0 saturated carbocycles. The van der Waals surface area contributed by atoms with Crippen LogP contribution in [0, 0.1) is 0 Å². The first-order valence-electron chi connectivity index (χ1n) is 7.33. The van der Waals surface area contributed by atoms with Crippen molar-refractivity contribution in [2.75, 3.05) is 6.54 Å².